The highest BCUT2D eigenvalue weighted by Crippen LogP contribution is 2.35. The summed E-state index contributed by atoms with van der Waals surface area (Å²) in [5.74, 6) is -0.680. The molecule has 2 heterocycles. The number of carbonyl (C=O) groups excluding carboxylic acids is 2. The van der Waals surface area contributed by atoms with Crippen LogP contribution in [0.15, 0.2) is 16.4 Å². The van der Waals surface area contributed by atoms with E-state index in [9.17, 15) is 9.59 Å². The molecule has 0 saturated carbocycles. The van der Waals surface area contributed by atoms with E-state index in [1.54, 1.807) is 25.2 Å². The standard InChI is InChI=1S/C14H15NO3S3/c1-4-18-13(17)9(3)15-12(16)11(21-14(15)19)7-10-8(2)5-6-20-10/h5-7,9H,4H2,1-3H3/b11-7-/t9-/m1/s1. The number of nitrogens with zero attached hydrogens (tertiary/aromatic N) is 1. The number of aryl methyl sites for hydroxylation is 1. The molecule has 4 nitrogen and oxygen atoms in total. The molecule has 1 fully saturated rings. The van der Waals surface area contributed by atoms with Crippen molar-refractivity contribution >= 4 is 57.6 Å². The monoisotopic (exact) mass is 341 g/mol. The number of thioether (sulfide) groups is 1. The van der Waals surface area contributed by atoms with Gasteiger partial charge in [-0.3, -0.25) is 9.69 Å². The van der Waals surface area contributed by atoms with Gasteiger partial charge in [-0.05, 0) is 43.9 Å². The van der Waals surface area contributed by atoms with Crippen LogP contribution in [0.25, 0.3) is 6.08 Å². The zero-order chi connectivity index (χ0) is 15.6. The molecule has 0 aliphatic carbocycles. The van der Waals surface area contributed by atoms with E-state index in [0.29, 0.717) is 9.23 Å². The van der Waals surface area contributed by atoms with Gasteiger partial charge in [-0.25, -0.2) is 4.79 Å². The third kappa shape index (κ3) is 3.36. The molecule has 21 heavy (non-hydrogen) atoms. The molecule has 1 amide bonds. The minimum absolute atomic E-state index is 0.238. The quantitative estimate of drug-likeness (QED) is 0.478. The van der Waals surface area contributed by atoms with Gasteiger partial charge in [0.05, 0.1) is 11.5 Å². The van der Waals surface area contributed by atoms with Crippen molar-refractivity contribution < 1.29 is 14.3 Å². The molecule has 7 heteroatoms. The van der Waals surface area contributed by atoms with Crippen LogP contribution in [0.4, 0.5) is 0 Å². The topological polar surface area (TPSA) is 46.6 Å². The molecule has 1 aromatic rings. The maximum Gasteiger partial charge on any atom is 0.329 e. The van der Waals surface area contributed by atoms with Crippen molar-refractivity contribution in [3.05, 3.63) is 26.8 Å². The maximum atomic E-state index is 12.4. The van der Waals surface area contributed by atoms with Crippen LogP contribution in [0.5, 0.6) is 0 Å². The predicted molar refractivity (Wildman–Crippen MR) is 90.2 cm³/mol. The van der Waals surface area contributed by atoms with Gasteiger partial charge in [0.15, 0.2) is 0 Å². The van der Waals surface area contributed by atoms with E-state index < -0.39 is 12.0 Å². The van der Waals surface area contributed by atoms with E-state index in [1.165, 1.54) is 16.7 Å². The summed E-state index contributed by atoms with van der Waals surface area (Å²) in [4.78, 5) is 27.1. The van der Waals surface area contributed by atoms with Crippen LogP contribution in [0.2, 0.25) is 0 Å². The fourth-order valence-corrected chi connectivity index (χ4v) is 4.17. The molecule has 1 atom stereocenters. The molecule has 0 radical (unpaired) electrons. The number of ether oxygens (including phenoxy) is 1. The van der Waals surface area contributed by atoms with Crippen LogP contribution in [0.1, 0.15) is 24.3 Å². The summed E-state index contributed by atoms with van der Waals surface area (Å²) in [6, 6.07) is 1.30. The molecular weight excluding hydrogens is 326 g/mol. The Morgan fingerprint density at radius 1 is 1.57 bits per heavy atom. The van der Waals surface area contributed by atoms with Crippen molar-refractivity contribution in [3.63, 3.8) is 0 Å². The molecule has 0 bridgehead atoms. The Balaban J connectivity index is 2.23. The molecule has 0 spiro atoms. The number of thiocarbonyl (C=S) groups is 1. The van der Waals surface area contributed by atoms with Crippen LogP contribution in [0.3, 0.4) is 0 Å². The van der Waals surface area contributed by atoms with E-state index >= 15 is 0 Å². The molecular formula is C14H15NO3S3. The number of hydrogen-bond donors (Lipinski definition) is 0. The summed E-state index contributed by atoms with van der Waals surface area (Å²) in [6.45, 7) is 5.63. The molecule has 2 rings (SSSR count). The smallest absolute Gasteiger partial charge is 0.329 e. The molecule has 1 aliphatic rings. The molecule has 1 aromatic heterocycles. The lowest BCUT2D eigenvalue weighted by Crippen LogP contribution is -2.42. The van der Waals surface area contributed by atoms with Crippen LogP contribution in [0, 0.1) is 6.92 Å². The zero-order valence-electron chi connectivity index (χ0n) is 11.9. The van der Waals surface area contributed by atoms with Crippen LogP contribution >= 0.6 is 35.3 Å². The molecule has 1 aliphatic heterocycles. The van der Waals surface area contributed by atoms with Gasteiger partial charge in [0, 0.05) is 4.88 Å². The molecule has 0 aromatic carbocycles. The minimum atomic E-state index is -0.701. The van der Waals surface area contributed by atoms with Crippen molar-refractivity contribution in [2.75, 3.05) is 6.61 Å². The number of rotatable bonds is 4. The van der Waals surface area contributed by atoms with Crippen molar-refractivity contribution in [3.8, 4) is 0 Å². The van der Waals surface area contributed by atoms with Crippen LogP contribution in [-0.2, 0) is 14.3 Å². The Morgan fingerprint density at radius 2 is 2.29 bits per heavy atom. The maximum absolute atomic E-state index is 12.4. The largest absolute Gasteiger partial charge is 0.464 e. The molecule has 0 N–H and O–H groups in total. The summed E-state index contributed by atoms with van der Waals surface area (Å²) in [5.41, 5.74) is 1.11. The molecule has 0 unspecified atom stereocenters. The van der Waals surface area contributed by atoms with Gasteiger partial charge in [0.25, 0.3) is 5.91 Å². The lowest BCUT2D eigenvalue weighted by molar-refractivity contribution is -0.149. The summed E-state index contributed by atoms with van der Waals surface area (Å²) in [5, 5.41) is 1.98. The first-order chi connectivity index (χ1) is 9.95. The Labute approximate surface area is 137 Å². The van der Waals surface area contributed by atoms with Crippen molar-refractivity contribution in [1.82, 2.24) is 4.90 Å². The third-order valence-electron chi connectivity index (χ3n) is 3.00. The number of amides is 1. The molecule has 112 valence electrons. The summed E-state index contributed by atoms with van der Waals surface area (Å²) in [7, 11) is 0. The highest BCUT2D eigenvalue weighted by Gasteiger charge is 2.38. The highest BCUT2D eigenvalue weighted by atomic mass is 32.2. The van der Waals surface area contributed by atoms with Gasteiger partial charge in [0.1, 0.15) is 10.4 Å². The second kappa shape index (κ2) is 6.72. The predicted octanol–water partition coefficient (Wildman–Crippen LogP) is 3.21. The van der Waals surface area contributed by atoms with E-state index in [2.05, 4.69) is 0 Å². The van der Waals surface area contributed by atoms with E-state index in [1.807, 2.05) is 24.4 Å². The second-order valence-corrected chi connectivity index (χ2v) is 7.07. The first kappa shape index (κ1) is 16.2. The number of hydrogen-bond acceptors (Lipinski definition) is 6. The van der Waals surface area contributed by atoms with Gasteiger partial charge < -0.3 is 4.74 Å². The number of thiophene rings is 1. The van der Waals surface area contributed by atoms with E-state index in [4.69, 9.17) is 17.0 Å². The summed E-state index contributed by atoms with van der Waals surface area (Å²) >= 11 is 8.01. The van der Waals surface area contributed by atoms with Crippen molar-refractivity contribution in [2.45, 2.75) is 26.8 Å². The summed E-state index contributed by atoms with van der Waals surface area (Å²) < 4.78 is 5.34. The lowest BCUT2D eigenvalue weighted by Gasteiger charge is -2.21. The van der Waals surface area contributed by atoms with Gasteiger partial charge in [-0.2, -0.15) is 0 Å². The van der Waals surface area contributed by atoms with Gasteiger partial charge in [-0.1, -0.05) is 24.0 Å². The van der Waals surface area contributed by atoms with Gasteiger partial charge >= 0.3 is 5.97 Å². The first-order valence-corrected chi connectivity index (χ1v) is 8.54. The lowest BCUT2D eigenvalue weighted by atomic mass is 10.2. The van der Waals surface area contributed by atoms with Crippen molar-refractivity contribution in [1.29, 1.82) is 0 Å². The average molecular weight is 341 g/mol. The number of carbonyl (C=O) groups is 2. The molecule has 1 saturated heterocycles. The fourth-order valence-electron chi connectivity index (χ4n) is 1.83. The Morgan fingerprint density at radius 3 is 2.86 bits per heavy atom. The van der Waals surface area contributed by atoms with Crippen molar-refractivity contribution in [2.24, 2.45) is 0 Å². The van der Waals surface area contributed by atoms with Gasteiger partial charge in [-0.15, -0.1) is 11.3 Å². The fraction of sp³-hybridized carbons (Fsp3) is 0.357. The minimum Gasteiger partial charge on any atom is -0.464 e. The second-order valence-electron chi connectivity index (χ2n) is 4.45. The Hall–Kier alpha value is -1.18. The first-order valence-electron chi connectivity index (χ1n) is 6.43. The average Bonchev–Trinajstić information content (AvgIpc) is 2.95. The van der Waals surface area contributed by atoms with Gasteiger partial charge in [0.2, 0.25) is 0 Å². The van der Waals surface area contributed by atoms with Crippen LogP contribution < -0.4 is 0 Å². The Bertz CT molecular complexity index is 621. The van der Waals surface area contributed by atoms with E-state index in [0.717, 1.165) is 10.4 Å². The summed E-state index contributed by atoms with van der Waals surface area (Å²) in [6.07, 6.45) is 1.83. The zero-order valence-corrected chi connectivity index (χ0v) is 14.4. The van der Waals surface area contributed by atoms with Crippen LogP contribution in [-0.4, -0.2) is 33.7 Å². The highest BCUT2D eigenvalue weighted by molar-refractivity contribution is 8.26. The normalized spacial score (nSPS) is 18.4. The third-order valence-corrected chi connectivity index (χ3v) is 5.30. The Kier molecular flexibility index (Phi) is 5.18. The SMILES string of the molecule is CCOC(=O)[C@@H](C)N1C(=O)/C(=C/c2sccc2C)SC1=S. The number of esters is 1. The van der Waals surface area contributed by atoms with E-state index in [-0.39, 0.29) is 12.5 Å².